The van der Waals surface area contributed by atoms with Gasteiger partial charge in [-0.25, -0.2) is 4.98 Å². The molecular formula is C11H14Br2N2. The number of aromatic nitrogens is 1. The third-order valence-electron chi connectivity index (χ3n) is 3.29. The lowest BCUT2D eigenvalue weighted by Gasteiger charge is -2.41. The van der Waals surface area contributed by atoms with Crippen LogP contribution in [0.25, 0.3) is 0 Å². The fraction of sp³-hybridized carbons (Fsp3) is 0.545. The molecule has 0 aliphatic heterocycles. The smallest absolute Gasteiger partial charge is 0.140 e. The minimum absolute atomic E-state index is 0.574. The highest BCUT2D eigenvalue weighted by Crippen LogP contribution is 2.36. The van der Waals surface area contributed by atoms with Gasteiger partial charge in [0.1, 0.15) is 5.82 Å². The zero-order valence-corrected chi connectivity index (χ0v) is 12.0. The number of halogens is 2. The first-order valence-corrected chi connectivity index (χ1v) is 6.74. The van der Waals surface area contributed by atoms with Crippen molar-refractivity contribution in [3.63, 3.8) is 0 Å². The van der Waals surface area contributed by atoms with Crippen molar-refractivity contribution in [2.75, 3.05) is 5.32 Å². The molecule has 2 nitrogen and oxygen atoms in total. The molecule has 1 aliphatic rings. The minimum Gasteiger partial charge on any atom is -0.366 e. The van der Waals surface area contributed by atoms with E-state index in [2.05, 4.69) is 56.0 Å². The van der Waals surface area contributed by atoms with Gasteiger partial charge in [0.25, 0.3) is 0 Å². The highest BCUT2D eigenvalue weighted by atomic mass is 79.9. The standard InChI is InChI=1S/C11H14Br2N2/c1-6-3-10(7(6)2)15-11-9(13)4-8(12)5-14-11/h4-7,10H,3H2,1-2H3,(H,14,15). The van der Waals surface area contributed by atoms with E-state index < -0.39 is 0 Å². The Labute approximate surface area is 107 Å². The van der Waals surface area contributed by atoms with Crippen molar-refractivity contribution in [1.82, 2.24) is 4.98 Å². The van der Waals surface area contributed by atoms with Crippen LogP contribution in [0.1, 0.15) is 20.3 Å². The first-order valence-electron chi connectivity index (χ1n) is 5.15. The molecule has 1 N–H and O–H groups in total. The second kappa shape index (κ2) is 4.42. The fourth-order valence-electron chi connectivity index (χ4n) is 1.92. The highest BCUT2D eigenvalue weighted by Gasteiger charge is 2.34. The van der Waals surface area contributed by atoms with E-state index in [1.54, 1.807) is 0 Å². The Kier molecular flexibility index (Phi) is 3.36. The number of anilines is 1. The minimum atomic E-state index is 0.574. The molecule has 1 saturated carbocycles. The molecule has 2 rings (SSSR count). The molecule has 1 heterocycles. The number of hydrogen-bond acceptors (Lipinski definition) is 2. The summed E-state index contributed by atoms with van der Waals surface area (Å²) >= 11 is 6.90. The van der Waals surface area contributed by atoms with Gasteiger partial charge in [0.2, 0.25) is 0 Å². The van der Waals surface area contributed by atoms with Gasteiger partial charge in [-0.15, -0.1) is 0 Å². The van der Waals surface area contributed by atoms with Crippen molar-refractivity contribution in [2.45, 2.75) is 26.3 Å². The molecule has 15 heavy (non-hydrogen) atoms. The number of pyridine rings is 1. The van der Waals surface area contributed by atoms with Crippen LogP contribution in [0.2, 0.25) is 0 Å². The van der Waals surface area contributed by atoms with Crippen LogP contribution in [0, 0.1) is 11.8 Å². The zero-order valence-electron chi connectivity index (χ0n) is 8.80. The summed E-state index contributed by atoms with van der Waals surface area (Å²) in [5.41, 5.74) is 0. The lowest BCUT2D eigenvalue weighted by atomic mass is 9.71. The van der Waals surface area contributed by atoms with Crippen LogP contribution in [-0.2, 0) is 0 Å². The lowest BCUT2D eigenvalue weighted by Crippen LogP contribution is -2.43. The van der Waals surface area contributed by atoms with Crippen molar-refractivity contribution in [2.24, 2.45) is 11.8 Å². The maximum atomic E-state index is 4.35. The van der Waals surface area contributed by atoms with E-state index in [1.807, 2.05) is 12.3 Å². The summed E-state index contributed by atoms with van der Waals surface area (Å²) in [6.45, 7) is 4.59. The average Bonchev–Trinajstić information content (AvgIpc) is 2.20. The maximum Gasteiger partial charge on any atom is 0.140 e. The number of rotatable bonds is 2. The molecule has 3 unspecified atom stereocenters. The monoisotopic (exact) mass is 332 g/mol. The first-order chi connectivity index (χ1) is 7.08. The zero-order chi connectivity index (χ0) is 11.0. The predicted molar refractivity (Wildman–Crippen MR) is 70.0 cm³/mol. The van der Waals surface area contributed by atoms with Crippen molar-refractivity contribution < 1.29 is 0 Å². The number of hydrogen-bond donors (Lipinski definition) is 1. The topological polar surface area (TPSA) is 24.9 Å². The van der Waals surface area contributed by atoms with E-state index in [0.29, 0.717) is 6.04 Å². The number of nitrogens with one attached hydrogen (secondary N) is 1. The Bertz CT molecular complexity index is 368. The largest absolute Gasteiger partial charge is 0.366 e. The molecule has 1 aromatic heterocycles. The van der Waals surface area contributed by atoms with Gasteiger partial charge in [0.05, 0.1) is 4.47 Å². The van der Waals surface area contributed by atoms with E-state index in [-0.39, 0.29) is 0 Å². The molecule has 0 saturated heterocycles. The molecule has 1 aromatic rings. The summed E-state index contributed by atoms with van der Waals surface area (Å²) in [4.78, 5) is 4.35. The Morgan fingerprint density at radius 3 is 2.67 bits per heavy atom. The second-order valence-corrected chi connectivity index (χ2v) is 6.08. The van der Waals surface area contributed by atoms with Gasteiger partial charge in [-0.3, -0.25) is 0 Å². The van der Waals surface area contributed by atoms with Crippen molar-refractivity contribution >= 4 is 37.7 Å². The lowest BCUT2D eigenvalue weighted by molar-refractivity contribution is 0.188. The fourth-order valence-corrected chi connectivity index (χ4v) is 3.02. The molecule has 0 bridgehead atoms. The quantitative estimate of drug-likeness (QED) is 0.882. The van der Waals surface area contributed by atoms with Crippen LogP contribution in [0.15, 0.2) is 21.2 Å². The summed E-state index contributed by atoms with van der Waals surface area (Å²) in [6, 6.07) is 2.59. The van der Waals surface area contributed by atoms with Crippen LogP contribution >= 0.6 is 31.9 Å². The molecule has 4 heteroatoms. The van der Waals surface area contributed by atoms with E-state index in [9.17, 15) is 0 Å². The predicted octanol–water partition coefficient (Wildman–Crippen LogP) is 4.06. The van der Waals surface area contributed by atoms with E-state index in [0.717, 1.165) is 26.6 Å². The Morgan fingerprint density at radius 1 is 1.40 bits per heavy atom. The summed E-state index contributed by atoms with van der Waals surface area (Å²) in [7, 11) is 0. The third-order valence-corrected chi connectivity index (χ3v) is 4.33. The Balaban J connectivity index is 2.05. The van der Waals surface area contributed by atoms with Gasteiger partial charge in [-0.2, -0.15) is 0 Å². The van der Waals surface area contributed by atoms with Crippen molar-refractivity contribution in [1.29, 1.82) is 0 Å². The van der Waals surface area contributed by atoms with E-state index in [1.165, 1.54) is 6.42 Å². The maximum absolute atomic E-state index is 4.35. The molecule has 0 radical (unpaired) electrons. The molecule has 0 amide bonds. The van der Waals surface area contributed by atoms with Gasteiger partial charge in [-0.05, 0) is 56.2 Å². The average molecular weight is 334 g/mol. The third kappa shape index (κ3) is 2.36. The van der Waals surface area contributed by atoms with Crippen LogP contribution in [-0.4, -0.2) is 11.0 Å². The highest BCUT2D eigenvalue weighted by molar-refractivity contribution is 9.11. The molecule has 1 fully saturated rings. The summed E-state index contributed by atoms with van der Waals surface area (Å²) in [5, 5.41) is 3.48. The summed E-state index contributed by atoms with van der Waals surface area (Å²) < 4.78 is 2.01. The molecule has 0 spiro atoms. The van der Waals surface area contributed by atoms with Crippen molar-refractivity contribution in [3.8, 4) is 0 Å². The van der Waals surface area contributed by atoms with Crippen LogP contribution in [0.3, 0.4) is 0 Å². The summed E-state index contributed by atoms with van der Waals surface area (Å²) in [5.74, 6) is 2.51. The van der Waals surface area contributed by atoms with Gasteiger partial charge >= 0.3 is 0 Å². The Morgan fingerprint density at radius 2 is 2.13 bits per heavy atom. The Hall–Kier alpha value is -0.0900. The van der Waals surface area contributed by atoms with Crippen LogP contribution < -0.4 is 5.32 Å². The molecular weight excluding hydrogens is 320 g/mol. The molecule has 82 valence electrons. The number of nitrogens with zero attached hydrogens (tertiary/aromatic N) is 1. The first kappa shape index (κ1) is 11.4. The van der Waals surface area contributed by atoms with Gasteiger partial charge in [-0.1, -0.05) is 13.8 Å². The molecule has 1 aliphatic carbocycles. The SMILES string of the molecule is CC1CC(Nc2ncc(Br)cc2Br)C1C. The van der Waals surface area contributed by atoms with Gasteiger partial charge in [0.15, 0.2) is 0 Å². The second-order valence-electron chi connectivity index (χ2n) is 4.31. The molecule has 0 aromatic carbocycles. The van der Waals surface area contributed by atoms with Gasteiger partial charge in [0, 0.05) is 16.7 Å². The van der Waals surface area contributed by atoms with Gasteiger partial charge < -0.3 is 5.32 Å². The van der Waals surface area contributed by atoms with Crippen LogP contribution in [0.4, 0.5) is 5.82 Å². The normalized spacial score (nSPS) is 29.7. The van der Waals surface area contributed by atoms with E-state index in [4.69, 9.17) is 0 Å². The summed E-state index contributed by atoms with van der Waals surface area (Å²) in [6.07, 6.45) is 3.06. The van der Waals surface area contributed by atoms with Crippen LogP contribution in [0.5, 0.6) is 0 Å². The van der Waals surface area contributed by atoms with E-state index >= 15 is 0 Å². The molecule has 3 atom stereocenters. The van der Waals surface area contributed by atoms with Crippen molar-refractivity contribution in [3.05, 3.63) is 21.2 Å².